The van der Waals surface area contributed by atoms with E-state index in [9.17, 15) is 5.11 Å². The van der Waals surface area contributed by atoms with Crippen LogP contribution in [0.2, 0.25) is 0 Å². The van der Waals surface area contributed by atoms with E-state index in [-0.39, 0.29) is 5.92 Å². The quantitative estimate of drug-likeness (QED) is 0.495. The Kier molecular flexibility index (Phi) is 7.79. The smallest absolute Gasteiger partial charge is 0.129 e. The minimum absolute atomic E-state index is 0.0717. The summed E-state index contributed by atoms with van der Waals surface area (Å²) in [4.78, 5) is 0. The van der Waals surface area contributed by atoms with E-state index in [1.54, 1.807) is 6.92 Å². The molecule has 0 radical (unpaired) electrons. The molecular formula is C18H30O. The highest BCUT2D eigenvalue weighted by Crippen LogP contribution is 2.27. The first-order chi connectivity index (χ1) is 8.70. The summed E-state index contributed by atoms with van der Waals surface area (Å²) in [6.07, 6.45) is 12.0. The third-order valence-corrected chi connectivity index (χ3v) is 3.62. The van der Waals surface area contributed by atoms with Crippen LogP contribution in [0.1, 0.15) is 60.3 Å². The van der Waals surface area contributed by atoms with Crippen molar-refractivity contribution in [3.05, 3.63) is 23.8 Å². The molecule has 0 bridgehead atoms. The molecule has 0 aromatic rings. The highest BCUT2D eigenvalue weighted by atomic mass is 16.3. The highest BCUT2D eigenvalue weighted by molar-refractivity contribution is 5.18. The molecule has 2 unspecified atom stereocenters. The molecule has 0 aromatic carbocycles. The number of rotatable bonds is 8. The van der Waals surface area contributed by atoms with E-state index in [1.165, 1.54) is 18.4 Å². The van der Waals surface area contributed by atoms with Crippen LogP contribution in [0.15, 0.2) is 23.8 Å². The Bertz CT molecular complexity index is 352. The van der Waals surface area contributed by atoms with E-state index in [0.717, 1.165) is 24.3 Å². The van der Waals surface area contributed by atoms with Crippen molar-refractivity contribution in [1.82, 2.24) is 0 Å². The first-order valence-corrected chi connectivity index (χ1v) is 7.21. The third-order valence-electron chi connectivity index (χ3n) is 3.62. The van der Waals surface area contributed by atoms with Crippen molar-refractivity contribution in [3.8, 4) is 12.3 Å². The van der Waals surface area contributed by atoms with Crippen molar-refractivity contribution in [1.29, 1.82) is 0 Å². The third kappa shape index (κ3) is 7.23. The molecule has 1 nitrogen and oxygen atoms in total. The molecule has 0 fully saturated rings. The van der Waals surface area contributed by atoms with Crippen LogP contribution in [-0.2, 0) is 0 Å². The van der Waals surface area contributed by atoms with Gasteiger partial charge in [-0.2, -0.15) is 0 Å². The molecule has 0 heterocycles. The Morgan fingerprint density at radius 1 is 1.42 bits per heavy atom. The molecule has 1 N–H and O–H groups in total. The van der Waals surface area contributed by atoms with Crippen molar-refractivity contribution < 1.29 is 5.11 Å². The molecule has 0 spiro atoms. The molecular weight excluding hydrogens is 232 g/mol. The lowest BCUT2D eigenvalue weighted by Gasteiger charge is -2.28. The number of allylic oxidation sites excluding steroid dienone is 2. The van der Waals surface area contributed by atoms with Gasteiger partial charge in [0.05, 0.1) is 0 Å². The molecule has 0 saturated carbocycles. The second-order valence-electron chi connectivity index (χ2n) is 6.26. The molecule has 0 aliphatic carbocycles. The fraction of sp³-hybridized carbons (Fsp3) is 0.667. The van der Waals surface area contributed by atoms with Crippen LogP contribution >= 0.6 is 0 Å². The van der Waals surface area contributed by atoms with Gasteiger partial charge in [-0.3, -0.25) is 0 Å². The average Bonchev–Trinajstić information content (AvgIpc) is 2.27. The van der Waals surface area contributed by atoms with Crippen molar-refractivity contribution in [2.24, 2.45) is 11.8 Å². The standard InChI is InChI=1S/C18H30O/c1-8-18(7,19)17(15(4)5)13-12-16(6)11-9-10-14(2)3/h1,12,14,17,19H,4,9-11,13H2,2-3,5-7H3. The van der Waals surface area contributed by atoms with Crippen molar-refractivity contribution in [2.75, 3.05) is 0 Å². The first kappa shape index (κ1) is 18.0. The van der Waals surface area contributed by atoms with Gasteiger partial charge in [0.1, 0.15) is 5.60 Å². The normalized spacial score (nSPS) is 16.8. The zero-order chi connectivity index (χ0) is 15.1. The van der Waals surface area contributed by atoms with E-state index in [4.69, 9.17) is 6.42 Å². The summed E-state index contributed by atoms with van der Waals surface area (Å²) >= 11 is 0. The minimum atomic E-state index is -1.11. The molecule has 0 amide bonds. The van der Waals surface area contributed by atoms with Gasteiger partial charge in [-0.1, -0.05) is 50.0 Å². The molecule has 0 aromatic heterocycles. The summed E-state index contributed by atoms with van der Waals surface area (Å²) in [5, 5.41) is 10.2. The fourth-order valence-corrected chi connectivity index (χ4v) is 2.22. The molecule has 1 heteroatoms. The Hall–Kier alpha value is -1.00. The SMILES string of the molecule is C#CC(C)(O)C(CC=C(C)CCCC(C)C)C(=C)C. The minimum Gasteiger partial charge on any atom is -0.377 e. The monoisotopic (exact) mass is 262 g/mol. The van der Waals surface area contributed by atoms with Crippen LogP contribution in [0, 0.1) is 24.2 Å². The zero-order valence-electron chi connectivity index (χ0n) is 13.3. The van der Waals surface area contributed by atoms with Gasteiger partial charge in [0.15, 0.2) is 0 Å². The van der Waals surface area contributed by atoms with Crippen LogP contribution in [0.5, 0.6) is 0 Å². The molecule has 0 rings (SSSR count). The number of hydrogen-bond donors (Lipinski definition) is 1. The molecule has 0 aliphatic heterocycles. The maximum atomic E-state index is 10.2. The molecule has 2 atom stereocenters. The molecule has 0 saturated heterocycles. The van der Waals surface area contributed by atoms with Gasteiger partial charge in [-0.25, -0.2) is 0 Å². The lowest BCUT2D eigenvalue weighted by atomic mass is 9.82. The predicted molar refractivity (Wildman–Crippen MR) is 84.8 cm³/mol. The largest absolute Gasteiger partial charge is 0.377 e. The lowest BCUT2D eigenvalue weighted by Crippen LogP contribution is -2.33. The van der Waals surface area contributed by atoms with Crippen LogP contribution in [0.4, 0.5) is 0 Å². The predicted octanol–water partition coefficient (Wildman–Crippen LogP) is 4.73. The zero-order valence-corrected chi connectivity index (χ0v) is 13.3. The number of hydrogen-bond acceptors (Lipinski definition) is 1. The van der Waals surface area contributed by atoms with Gasteiger partial charge in [0.2, 0.25) is 0 Å². The second kappa shape index (κ2) is 8.23. The maximum Gasteiger partial charge on any atom is 0.129 e. The summed E-state index contributed by atoms with van der Waals surface area (Å²) in [6, 6.07) is 0. The average molecular weight is 262 g/mol. The van der Waals surface area contributed by atoms with Crippen molar-refractivity contribution >= 4 is 0 Å². The van der Waals surface area contributed by atoms with E-state index in [1.807, 2.05) is 6.92 Å². The highest BCUT2D eigenvalue weighted by Gasteiger charge is 2.29. The molecule has 0 aliphatic rings. The van der Waals surface area contributed by atoms with E-state index in [0.29, 0.717) is 0 Å². The van der Waals surface area contributed by atoms with Gasteiger partial charge in [-0.05, 0) is 46.0 Å². The van der Waals surface area contributed by atoms with Crippen LogP contribution in [0.3, 0.4) is 0 Å². The molecule has 19 heavy (non-hydrogen) atoms. The Labute approximate surface area is 119 Å². The van der Waals surface area contributed by atoms with Crippen molar-refractivity contribution in [2.45, 2.75) is 65.9 Å². The summed E-state index contributed by atoms with van der Waals surface area (Å²) in [5.41, 5.74) is 1.20. The van der Waals surface area contributed by atoms with E-state index in [2.05, 4.69) is 39.3 Å². The van der Waals surface area contributed by atoms with Crippen LogP contribution in [-0.4, -0.2) is 10.7 Å². The van der Waals surface area contributed by atoms with Gasteiger partial charge in [0, 0.05) is 5.92 Å². The van der Waals surface area contributed by atoms with Crippen molar-refractivity contribution in [3.63, 3.8) is 0 Å². The Morgan fingerprint density at radius 2 is 2.00 bits per heavy atom. The van der Waals surface area contributed by atoms with Gasteiger partial charge in [0.25, 0.3) is 0 Å². The Morgan fingerprint density at radius 3 is 2.42 bits per heavy atom. The second-order valence-corrected chi connectivity index (χ2v) is 6.26. The number of aliphatic hydroxyl groups is 1. The Balaban J connectivity index is 4.47. The summed E-state index contributed by atoms with van der Waals surface area (Å²) < 4.78 is 0. The summed E-state index contributed by atoms with van der Waals surface area (Å²) in [7, 11) is 0. The lowest BCUT2D eigenvalue weighted by molar-refractivity contribution is 0.0735. The first-order valence-electron chi connectivity index (χ1n) is 7.21. The van der Waals surface area contributed by atoms with E-state index < -0.39 is 5.60 Å². The summed E-state index contributed by atoms with van der Waals surface area (Å²) in [5.74, 6) is 3.16. The fourth-order valence-electron chi connectivity index (χ4n) is 2.22. The van der Waals surface area contributed by atoms with E-state index >= 15 is 0 Å². The summed E-state index contributed by atoms with van der Waals surface area (Å²) in [6.45, 7) is 14.2. The van der Waals surface area contributed by atoms with Gasteiger partial charge < -0.3 is 5.11 Å². The number of terminal acetylenes is 1. The maximum absolute atomic E-state index is 10.2. The van der Waals surface area contributed by atoms with Crippen LogP contribution in [0.25, 0.3) is 0 Å². The topological polar surface area (TPSA) is 20.2 Å². The van der Waals surface area contributed by atoms with Crippen LogP contribution < -0.4 is 0 Å². The molecule has 108 valence electrons. The van der Waals surface area contributed by atoms with Gasteiger partial charge in [-0.15, -0.1) is 6.42 Å². The van der Waals surface area contributed by atoms with Gasteiger partial charge >= 0.3 is 0 Å².